The van der Waals surface area contributed by atoms with Gasteiger partial charge in [-0.1, -0.05) is 77.0 Å². The predicted molar refractivity (Wildman–Crippen MR) is 202 cm³/mol. The van der Waals surface area contributed by atoms with E-state index in [1.54, 1.807) is 41.8 Å². The normalized spacial score (nSPS) is 14.3. The Labute approximate surface area is 307 Å². The molecular formula is C39H32Cl2N4O5S. The van der Waals surface area contributed by atoms with E-state index in [2.05, 4.69) is 9.88 Å². The van der Waals surface area contributed by atoms with Crippen LogP contribution in [0, 0.1) is 0 Å². The average molecular weight is 740 g/mol. The third kappa shape index (κ3) is 6.42. The van der Waals surface area contributed by atoms with Gasteiger partial charge in [-0.3, -0.25) is 14.2 Å². The predicted octanol–water partition coefficient (Wildman–Crippen LogP) is 7.21. The maximum absolute atomic E-state index is 14.6. The van der Waals surface area contributed by atoms with E-state index in [1.807, 2.05) is 66.9 Å². The fourth-order valence-corrected chi connectivity index (χ4v) is 7.91. The van der Waals surface area contributed by atoms with Crippen molar-refractivity contribution in [2.75, 3.05) is 26.6 Å². The smallest absolute Gasteiger partial charge is 0.271 e. The number of carbonyl (C=O) groups excluding carboxylic acids is 1. The molecule has 0 spiro atoms. The largest absolute Gasteiger partial charge is 0.493 e. The molecule has 0 aliphatic carbocycles. The molecule has 3 heterocycles. The number of hydrogen-bond donors (Lipinski definition) is 1. The summed E-state index contributed by atoms with van der Waals surface area (Å²) in [7, 11) is 4.56. The molecule has 6 aromatic rings. The molecule has 0 fully saturated rings. The van der Waals surface area contributed by atoms with Crippen molar-refractivity contribution in [2.45, 2.75) is 19.5 Å². The standard InChI is InChI=1S/C39H32Cl2N4O5S/c1-22-34(37(46)43-27-10-6-5-7-11-27)35(24-16-31(48-2)36(50-4)32(17-24)49-3)45-38(47)33(51-39(45)42-22)18-25-21-44(30-13-9-8-12-28(25)30)20-23-14-15-26(40)19-29(23)41/h5-19,21,35H,20H2,1-4H3,(H,43,46)/b33-18-/t35-/m0/s1. The highest BCUT2D eigenvalue weighted by atomic mass is 35.5. The number of amides is 1. The van der Waals surface area contributed by atoms with Crippen molar-refractivity contribution >= 4 is 63.1 Å². The number of nitrogens with zero attached hydrogens (tertiary/aromatic N) is 3. The molecule has 12 heteroatoms. The number of carbonyl (C=O) groups is 1. The molecule has 1 aliphatic rings. The van der Waals surface area contributed by atoms with Gasteiger partial charge in [-0.2, -0.15) is 0 Å². The Hall–Kier alpha value is -5.29. The Morgan fingerprint density at radius 1 is 0.941 bits per heavy atom. The summed E-state index contributed by atoms with van der Waals surface area (Å²) in [6.07, 6.45) is 3.88. The summed E-state index contributed by atoms with van der Waals surface area (Å²) in [6, 6.07) is 25.2. The summed E-state index contributed by atoms with van der Waals surface area (Å²) in [4.78, 5) is 33.9. The number of hydrogen-bond acceptors (Lipinski definition) is 7. The van der Waals surface area contributed by atoms with E-state index in [-0.39, 0.29) is 11.5 Å². The number of methoxy groups -OCH3 is 3. The fraction of sp³-hybridized carbons (Fsp3) is 0.154. The van der Waals surface area contributed by atoms with E-state index < -0.39 is 6.04 Å². The van der Waals surface area contributed by atoms with Gasteiger partial charge in [-0.05, 0) is 66.6 Å². The minimum Gasteiger partial charge on any atom is -0.493 e. The molecule has 1 atom stereocenters. The Morgan fingerprint density at radius 2 is 1.65 bits per heavy atom. The lowest BCUT2D eigenvalue weighted by Crippen LogP contribution is -2.40. The summed E-state index contributed by atoms with van der Waals surface area (Å²) in [6.45, 7) is 2.28. The van der Waals surface area contributed by atoms with Crippen molar-refractivity contribution in [3.05, 3.63) is 149 Å². The van der Waals surface area contributed by atoms with Gasteiger partial charge in [0.25, 0.3) is 11.5 Å². The second-order valence-electron chi connectivity index (χ2n) is 11.8. The van der Waals surface area contributed by atoms with Crippen molar-refractivity contribution in [1.29, 1.82) is 0 Å². The summed E-state index contributed by atoms with van der Waals surface area (Å²) in [5.41, 5.74) is 4.43. The number of benzene rings is 4. The molecular weight excluding hydrogens is 707 g/mol. The summed E-state index contributed by atoms with van der Waals surface area (Å²) in [5.74, 6) is 0.780. The average Bonchev–Trinajstić information content (AvgIpc) is 3.63. The Balaban J connectivity index is 1.40. The van der Waals surface area contributed by atoms with Gasteiger partial charge in [0.15, 0.2) is 16.3 Å². The molecule has 0 saturated carbocycles. The molecule has 4 aromatic carbocycles. The van der Waals surface area contributed by atoms with E-state index in [0.29, 0.717) is 65.7 Å². The first-order valence-corrected chi connectivity index (χ1v) is 17.5. The summed E-state index contributed by atoms with van der Waals surface area (Å²) >= 11 is 14.0. The molecule has 0 unspecified atom stereocenters. The van der Waals surface area contributed by atoms with Crippen LogP contribution in [0.15, 0.2) is 112 Å². The molecule has 9 nitrogen and oxygen atoms in total. The highest BCUT2D eigenvalue weighted by Crippen LogP contribution is 2.42. The van der Waals surface area contributed by atoms with Crippen LogP contribution in [0.2, 0.25) is 10.0 Å². The Kier molecular flexibility index (Phi) is 9.48. The van der Waals surface area contributed by atoms with Crippen LogP contribution in [0.4, 0.5) is 5.69 Å². The van der Waals surface area contributed by atoms with Gasteiger partial charge in [-0.25, -0.2) is 4.99 Å². The van der Waals surface area contributed by atoms with Crippen LogP contribution in [0.1, 0.15) is 29.7 Å². The van der Waals surface area contributed by atoms with Gasteiger partial charge in [0, 0.05) is 44.9 Å². The molecule has 1 N–H and O–H groups in total. The van der Waals surface area contributed by atoms with Crippen molar-refractivity contribution in [3.63, 3.8) is 0 Å². The SMILES string of the molecule is COc1cc([C@H]2C(C(=O)Nc3ccccc3)=C(C)N=c3s/c(=C\c4cn(Cc5ccc(Cl)cc5Cl)c5ccccc45)c(=O)n32)cc(OC)c1OC. The maximum atomic E-state index is 14.6. The topological polar surface area (TPSA) is 96.1 Å². The van der Waals surface area contributed by atoms with Crippen LogP contribution in [0.5, 0.6) is 17.2 Å². The molecule has 2 aromatic heterocycles. The maximum Gasteiger partial charge on any atom is 0.271 e. The number of nitrogens with one attached hydrogen (secondary N) is 1. The molecule has 0 bridgehead atoms. The summed E-state index contributed by atoms with van der Waals surface area (Å²) in [5, 5.41) is 5.09. The van der Waals surface area contributed by atoms with Crippen LogP contribution in [0.3, 0.4) is 0 Å². The minimum atomic E-state index is -0.866. The van der Waals surface area contributed by atoms with Gasteiger partial charge in [-0.15, -0.1) is 0 Å². The van der Waals surface area contributed by atoms with E-state index in [4.69, 9.17) is 42.4 Å². The number of thiazole rings is 1. The van der Waals surface area contributed by atoms with Crippen molar-refractivity contribution in [2.24, 2.45) is 4.99 Å². The van der Waals surface area contributed by atoms with Crippen LogP contribution in [0.25, 0.3) is 17.0 Å². The number of aromatic nitrogens is 2. The highest BCUT2D eigenvalue weighted by Gasteiger charge is 2.34. The van der Waals surface area contributed by atoms with Gasteiger partial charge < -0.3 is 24.1 Å². The first-order valence-electron chi connectivity index (χ1n) is 15.9. The fourth-order valence-electron chi connectivity index (χ4n) is 6.40. The number of para-hydroxylation sites is 2. The molecule has 1 amide bonds. The quantitative estimate of drug-likeness (QED) is 0.169. The molecule has 51 heavy (non-hydrogen) atoms. The molecule has 1 aliphatic heterocycles. The van der Waals surface area contributed by atoms with Gasteiger partial charge in [0.1, 0.15) is 0 Å². The van der Waals surface area contributed by atoms with Gasteiger partial charge in [0.05, 0.1) is 43.2 Å². The van der Waals surface area contributed by atoms with Crippen molar-refractivity contribution < 1.29 is 19.0 Å². The van der Waals surface area contributed by atoms with Crippen molar-refractivity contribution in [1.82, 2.24) is 9.13 Å². The molecule has 0 saturated heterocycles. The number of fused-ring (bicyclic) bond motifs is 2. The van der Waals surface area contributed by atoms with E-state index in [1.165, 1.54) is 32.7 Å². The zero-order valence-corrected chi connectivity index (χ0v) is 30.4. The van der Waals surface area contributed by atoms with Crippen molar-refractivity contribution in [3.8, 4) is 17.2 Å². The number of halogens is 2. The Morgan fingerprint density at radius 3 is 2.33 bits per heavy atom. The lowest BCUT2D eigenvalue weighted by Gasteiger charge is -2.26. The van der Waals surface area contributed by atoms with E-state index in [0.717, 1.165) is 22.0 Å². The molecule has 7 rings (SSSR count). The first-order chi connectivity index (χ1) is 24.7. The lowest BCUT2D eigenvalue weighted by molar-refractivity contribution is -0.113. The number of rotatable bonds is 9. The number of anilines is 1. The lowest BCUT2D eigenvalue weighted by atomic mass is 9.94. The monoisotopic (exact) mass is 738 g/mol. The van der Waals surface area contributed by atoms with Gasteiger partial charge >= 0.3 is 0 Å². The van der Waals surface area contributed by atoms with Crippen LogP contribution in [-0.2, 0) is 11.3 Å². The third-order valence-corrected chi connectivity index (χ3v) is 10.3. The highest BCUT2D eigenvalue weighted by molar-refractivity contribution is 7.07. The van der Waals surface area contributed by atoms with E-state index in [9.17, 15) is 9.59 Å². The van der Waals surface area contributed by atoms with Crippen LogP contribution >= 0.6 is 34.5 Å². The van der Waals surface area contributed by atoms with Crippen LogP contribution in [-0.4, -0.2) is 36.4 Å². The van der Waals surface area contributed by atoms with E-state index >= 15 is 0 Å². The number of ether oxygens (including phenoxy) is 3. The number of allylic oxidation sites excluding steroid dienone is 1. The second kappa shape index (κ2) is 14.1. The molecule has 258 valence electrons. The third-order valence-electron chi connectivity index (χ3n) is 8.76. The zero-order valence-electron chi connectivity index (χ0n) is 28.1. The Bertz CT molecular complexity index is 2510. The minimum absolute atomic E-state index is 0.299. The zero-order chi connectivity index (χ0) is 35.8. The molecule has 0 radical (unpaired) electrons. The van der Waals surface area contributed by atoms with Gasteiger partial charge in [0.2, 0.25) is 5.75 Å². The first kappa shape index (κ1) is 34.2. The summed E-state index contributed by atoms with van der Waals surface area (Å²) < 4.78 is 21.1. The van der Waals surface area contributed by atoms with Crippen LogP contribution < -0.4 is 34.4 Å². The second-order valence-corrected chi connectivity index (χ2v) is 13.7.